The summed E-state index contributed by atoms with van der Waals surface area (Å²) < 4.78 is 44.0. The molecule has 1 saturated heterocycles. The number of hydrogen-bond donors (Lipinski definition) is 1. The predicted octanol–water partition coefficient (Wildman–Crippen LogP) is 3.08. The minimum absolute atomic E-state index is 0.278. The SMILES string of the molecule is COc1cc(F)ccc1OC(c1cccc(F)c1)[C@@H]1CNCCO1. The molecule has 1 aliphatic rings. The Morgan fingerprint density at radius 1 is 1.12 bits per heavy atom. The first-order valence-corrected chi connectivity index (χ1v) is 7.75. The van der Waals surface area contributed by atoms with E-state index in [1.165, 1.54) is 37.4 Å². The van der Waals surface area contributed by atoms with Gasteiger partial charge in [-0.2, -0.15) is 0 Å². The van der Waals surface area contributed by atoms with Gasteiger partial charge in [-0.25, -0.2) is 8.78 Å². The van der Waals surface area contributed by atoms with Crippen LogP contribution in [0.15, 0.2) is 42.5 Å². The minimum atomic E-state index is -0.548. The average molecular weight is 335 g/mol. The van der Waals surface area contributed by atoms with Gasteiger partial charge >= 0.3 is 0 Å². The molecule has 0 radical (unpaired) electrons. The van der Waals surface area contributed by atoms with Crippen molar-refractivity contribution in [3.05, 3.63) is 59.7 Å². The van der Waals surface area contributed by atoms with Crippen LogP contribution in [-0.4, -0.2) is 32.9 Å². The molecule has 6 heteroatoms. The van der Waals surface area contributed by atoms with Gasteiger partial charge in [0, 0.05) is 19.2 Å². The van der Waals surface area contributed by atoms with Crippen LogP contribution in [0.2, 0.25) is 0 Å². The topological polar surface area (TPSA) is 39.7 Å². The first-order valence-electron chi connectivity index (χ1n) is 7.75. The molecule has 4 nitrogen and oxygen atoms in total. The number of rotatable bonds is 5. The monoisotopic (exact) mass is 335 g/mol. The molecule has 24 heavy (non-hydrogen) atoms. The highest BCUT2D eigenvalue weighted by molar-refractivity contribution is 5.40. The molecule has 0 spiro atoms. The summed E-state index contributed by atoms with van der Waals surface area (Å²) in [5, 5.41) is 3.23. The highest BCUT2D eigenvalue weighted by Crippen LogP contribution is 2.34. The number of hydrogen-bond acceptors (Lipinski definition) is 4. The summed E-state index contributed by atoms with van der Waals surface area (Å²) in [7, 11) is 1.44. The molecule has 2 aromatic rings. The molecule has 1 N–H and O–H groups in total. The van der Waals surface area contributed by atoms with Gasteiger partial charge in [-0.05, 0) is 29.8 Å². The molecular weight excluding hydrogens is 316 g/mol. The third kappa shape index (κ3) is 3.83. The van der Waals surface area contributed by atoms with Gasteiger partial charge in [-0.3, -0.25) is 0 Å². The van der Waals surface area contributed by atoms with Crippen LogP contribution in [-0.2, 0) is 4.74 Å². The highest BCUT2D eigenvalue weighted by Gasteiger charge is 2.29. The largest absolute Gasteiger partial charge is 0.493 e. The number of nitrogens with one attached hydrogen (secondary N) is 1. The van der Waals surface area contributed by atoms with E-state index >= 15 is 0 Å². The van der Waals surface area contributed by atoms with Gasteiger partial charge in [0.25, 0.3) is 0 Å². The molecule has 0 aliphatic carbocycles. The fourth-order valence-electron chi connectivity index (χ4n) is 2.70. The van der Waals surface area contributed by atoms with Gasteiger partial charge in [0.1, 0.15) is 17.7 Å². The highest BCUT2D eigenvalue weighted by atomic mass is 19.1. The Hall–Kier alpha value is -2.18. The van der Waals surface area contributed by atoms with E-state index in [2.05, 4.69) is 5.32 Å². The molecule has 2 aromatic carbocycles. The molecule has 1 aliphatic heterocycles. The van der Waals surface area contributed by atoms with E-state index in [1.54, 1.807) is 12.1 Å². The van der Waals surface area contributed by atoms with Crippen LogP contribution >= 0.6 is 0 Å². The third-order valence-electron chi connectivity index (χ3n) is 3.85. The molecule has 0 bridgehead atoms. The smallest absolute Gasteiger partial charge is 0.163 e. The van der Waals surface area contributed by atoms with Gasteiger partial charge in [0.2, 0.25) is 0 Å². The van der Waals surface area contributed by atoms with Crippen LogP contribution in [0.4, 0.5) is 8.78 Å². The lowest BCUT2D eigenvalue weighted by Crippen LogP contribution is -2.43. The van der Waals surface area contributed by atoms with E-state index < -0.39 is 11.9 Å². The van der Waals surface area contributed by atoms with E-state index in [1.807, 2.05) is 0 Å². The predicted molar refractivity (Wildman–Crippen MR) is 85.3 cm³/mol. The fraction of sp³-hybridized carbons (Fsp3) is 0.333. The van der Waals surface area contributed by atoms with Crippen LogP contribution < -0.4 is 14.8 Å². The first kappa shape index (κ1) is 16.7. The van der Waals surface area contributed by atoms with Crippen molar-refractivity contribution in [2.75, 3.05) is 26.8 Å². The number of ether oxygens (including phenoxy) is 3. The van der Waals surface area contributed by atoms with Crippen molar-refractivity contribution in [3.63, 3.8) is 0 Å². The molecule has 1 unspecified atom stereocenters. The Morgan fingerprint density at radius 2 is 1.96 bits per heavy atom. The Morgan fingerprint density at radius 3 is 2.67 bits per heavy atom. The quantitative estimate of drug-likeness (QED) is 0.912. The number of benzene rings is 2. The number of morpholine rings is 1. The van der Waals surface area contributed by atoms with E-state index in [4.69, 9.17) is 14.2 Å². The summed E-state index contributed by atoms with van der Waals surface area (Å²) >= 11 is 0. The maximum atomic E-state index is 13.6. The maximum Gasteiger partial charge on any atom is 0.163 e. The molecule has 0 saturated carbocycles. The van der Waals surface area contributed by atoms with Gasteiger partial charge in [0.15, 0.2) is 17.6 Å². The second kappa shape index (κ2) is 7.59. The van der Waals surface area contributed by atoms with Crippen molar-refractivity contribution in [2.45, 2.75) is 12.2 Å². The van der Waals surface area contributed by atoms with E-state index in [0.29, 0.717) is 24.5 Å². The molecule has 0 amide bonds. The van der Waals surface area contributed by atoms with E-state index in [-0.39, 0.29) is 17.7 Å². The van der Waals surface area contributed by atoms with E-state index in [0.717, 1.165) is 6.54 Å². The van der Waals surface area contributed by atoms with Crippen LogP contribution in [0.25, 0.3) is 0 Å². The molecule has 1 heterocycles. The summed E-state index contributed by atoms with van der Waals surface area (Å²) in [6.07, 6.45) is -0.844. The van der Waals surface area contributed by atoms with Crippen LogP contribution in [0.3, 0.4) is 0 Å². The van der Waals surface area contributed by atoms with Crippen LogP contribution in [0.5, 0.6) is 11.5 Å². The Balaban J connectivity index is 1.92. The van der Waals surface area contributed by atoms with E-state index in [9.17, 15) is 8.78 Å². The fourth-order valence-corrected chi connectivity index (χ4v) is 2.70. The maximum absolute atomic E-state index is 13.6. The zero-order valence-corrected chi connectivity index (χ0v) is 13.3. The summed E-state index contributed by atoms with van der Waals surface area (Å²) in [5.41, 5.74) is 0.648. The lowest BCUT2D eigenvalue weighted by atomic mass is 10.0. The van der Waals surface area contributed by atoms with Gasteiger partial charge < -0.3 is 19.5 Å². The number of methoxy groups -OCH3 is 1. The molecular formula is C18H19F2NO3. The number of halogens is 2. The molecule has 128 valence electrons. The van der Waals surface area contributed by atoms with Crippen LogP contribution in [0, 0.1) is 11.6 Å². The summed E-state index contributed by atoms with van der Waals surface area (Å²) in [6, 6.07) is 10.2. The van der Waals surface area contributed by atoms with Crippen molar-refractivity contribution in [1.29, 1.82) is 0 Å². The average Bonchev–Trinajstić information content (AvgIpc) is 2.61. The van der Waals surface area contributed by atoms with Crippen molar-refractivity contribution < 1.29 is 23.0 Å². The Labute approximate surface area is 139 Å². The second-order valence-electron chi connectivity index (χ2n) is 5.50. The zero-order valence-electron chi connectivity index (χ0n) is 13.3. The second-order valence-corrected chi connectivity index (χ2v) is 5.50. The van der Waals surface area contributed by atoms with Crippen molar-refractivity contribution in [1.82, 2.24) is 5.32 Å². The van der Waals surface area contributed by atoms with Crippen molar-refractivity contribution in [3.8, 4) is 11.5 Å². The lowest BCUT2D eigenvalue weighted by Gasteiger charge is -2.32. The molecule has 1 fully saturated rings. The Kier molecular flexibility index (Phi) is 5.27. The van der Waals surface area contributed by atoms with Crippen LogP contribution in [0.1, 0.15) is 11.7 Å². The summed E-state index contributed by atoms with van der Waals surface area (Å²) in [5.74, 6) is -0.115. The molecule has 0 aromatic heterocycles. The van der Waals surface area contributed by atoms with Gasteiger partial charge in [-0.15, -0.1) is 0 Å². The van der Waals surface area contributed by atoms with Gasteiger partial charge in [-0.1, -0.05) is 12.1 Å². The third-order valence-corrected chi connectivity index (χ3v) is 3.85. The van der Waals surface area contributed by atoms with Crippen molar-refractivity contribution >= 4 is 0 Å². The lowest BCUT2D eigenvalue weighted by molar-refractivity contribution is -0.0439. The Bertz CT molecular complexity index is 690. The summed E-state index contributed by atoms with van der Waals surface area (Å²) in [6.45, 7) is 1.87. The molecule has 3 rings (SSSR count). The van der Waals surface area contributed by atoms with Gasteiger partial charge in [0.05, 0.1) is 13.7 Å². The first-order chi connectivity index (χ1) is 11.7. The summed E-state index contributed by atoms with van der Waals surface area (Å²) in [4.78, 5) is 0. The normalized spacial score (nSPS) is 18.9. The standard InChI is InChI=1S/C18H19F2NO3/c1-22-16-10-14(20)5-6-15(16)24-18(17-11-21-7-8-23-17)12-3-2-4-13(19)9-12/h2-6,9-10,17-18,21H,7-8,11H2,1H3/t17-,18?/m0/s1. The molecule has 2 atom stereocenters. The zero-order chi connectivity index (χ0) is 16.9. The minimum Gasteiger partial charge on any atom is -0.493 e. The van der Waals surface area contributed by atoms with Crippen molar-refractivity contribution in [2.24, 2.45) is 0 Å².